The van der Waals surface area contributed by atoms with Crippen molar-refractivity contribution in [2.75, 3.05) is 25.5 Å². The van der Waals surface area contributed by atoms with Gasteiger partial charge in [-0.05, 0) is 42.9 Å². The number of rotatable bonds is 4. The van der Waals surface area contributed by atoms with Gasteiger partial charge in [0, 0.05) is 36.9 Å². The van der Waals surface area contributed by atoms with Gasteiger partial charge in [0.15, 0.2) is 5.82 Å². The van der Waals surface area contributed by atoms with Gasteiger partial charge in [0.05, 0.1) is 11.9 Å². The van der Waals surface area contributed by atoms with Crippen molar-refractivity contribution in [3.8, 4) is 11.4 Å². The van der Waals surface area contributed by atoms with Crippen LogP contribution in [0.25, 0.3) is 21.6 Å². The Morgan fingerprint density at radius 3 is 3.00 bits per heavy atom. The molecule has 4 rings (SSSR count). The topological polar surface area (TPSA) is 71.0 Å². The molecule has 6 nitrogen and oxygen atoms in total. The maximum Gasteiger partial charge on any atom is 0.239 e. The average molecular weight is 382 g/mol. The third kappa shape index (κ3) is 3.39. The predicted octanol–water partition coefficient (Wildman–Crippen LogP) is 3.06. The highest BCUT2D eigenvalue weighted by Crippen LogP contribution is 2.41. The fraction of sp³-hybridized carbons (Fsp3) is 0.400. The number of amides is 1. The van der Waals surface area contributed by atoms with Crippen molar-refractivity contribution in [2.45, 2.75) is 26.2 Å². The molecule has 1 amide bonds. The van der Waals surface area contributed by atoms with Crippen LogP contribution in [-0.2, 0) is 17.6 Å². The first-order valence-electron chi connectivity index (χ1n) is 9.21. The summed E-state index contributed by atoms with van der Waals surface area (Å²) < 4.78 is 0. The molecule has 140 valence electrons. The lowest BCUT2D eigenvalue weighted by atomic mass is 9.89. The van der Waals surface area contributed by atoms with Crippen LogP contribution >= 0.6 is 11.3 Å². The molecule has 1 aliphatic carbocycles. The number of carbonyl (C=O) groups is 1. The predicted molar refractivity (Wildman–Crippen MR) is 109 cm³/mol. The van der Waals surface area contributed by atoms with Gasteiger partial charge in [-0.2, -0.15) is 0 Å². The number of pyridine rings is 1. The molecule has 0 fully saturated rings. The minimum absolute atomic E-state index is 0.0371. The summed E-state index contributed by atoms with van der Waals surface area (Å²) in [4.78, 5) is 30.2. The highest BCUT2D eigenvalue weighted by atomic mass is 32.1. The number of hydrogen-bond donors (Lipinski definition) is 1. The lowest BCUT2D eigenvalue weighted by Gasteiger charge is -2.21. The van der Waals surface area contributed by atoms with Crippen LogP contribution in [0.3, 0.4) is 0 Å². The molecule has 0 radical (unpaired) electrons. The number of hydrogen-bond acceptors (Lipinski definition) is 6. The van der Waals surface area contributed by atoms with Crippen molar-refractivity contribution in [3.63, 3.8) is 0 Å². The van der Waals surface area contributed by atoms with Crippen LogP contribution < -0.4 is 10.2 Å². The Labute approximate surface area is 162 Å². The summed E-state index contributed by atoms with van der Waals surface area (Å²) in [6, 6.07) is 3.85. The largest absolute Gasteiger partial charge is 0.358 e. The van der Waals surface area contributed by atoms with E-state index >= 15 is 0 Å². The van der Waals surface area contributed by atoms with E-state index < -0.39 is 0 Å². The van der Waals surface area contributed by atoms with Gasteiger partial charge in [0.1, 0.15) is 10.6 Å². The lowest BCUT2D eigenvalue weighted by molar-refractivity contribution is -0.119. The molecule has 27 heavy (non-hydrogen) atoms. The number of likely N-dealkylation sites (N-methyl/N-ethyl adjacent to an activating group) is 2. The zero-order chi connectivity index (χ0) is 19.0. The molecular formula is C20H23N5OS. The summed E-state index contributed by atoms with van der Waals surface area (Å²) in [5.41, 5.74) is 2.25. The minimum Gasteiger partial charge on any atom is -0.358 e. The number of carbonyl (C=O) groups excluding carboxylic acids is 1. The third-order valence-electron chi connectivity index (χ3n) is 5.08. The molecule has 0 unspecified atom stereocenters. The normalized spacial score (nSPS) is 16.2. The van der Waals surface area contributed by atoms with E-state index in [1.807, 2.05) is 24.1 Å². The molecule has 7 heteroatoms. The van der Waals surface area contributed by atoms with Gasteiger partial charge in [0.2, 0.25) is 5.91 Å². The maximum absolute atomic E-state index is 12.0. The smallest absolute Gasteiger partial charge is 0.239 e. The van der Waals surface area contributed by atoms with Crippen LogP contribution in [0.1, 0.15) is 23.8 Å². The first-order valence-corrected chi connectivity index (χ1v) is 10.0. The van der Waals surface area contributed by atoms with E-state index in [0.717, 1.165) is 34.4 Å². The van der Waals surface area contributed by atoms with Gasteiger partial charge < -0.3 is 10.2 Å². The summed E-state index contributed by atoms with van der Waals surface area (Å²) in [6.45, 7) is 2.56. The van der Waals surface area contributed by atoms with Gasteiger partial charge in [-0.1, -0.05) is 6.92 Å². The summed E-state index contributed by atoms with van der Waals surface area (Å²) in [6.07, 6.45) is 6.84. The second kappa shape index (κ2) is 7.23. The summed E-state index contributed by atoms with van der Waals surface area (Å²) in [5.74, 6) is 2.14. The number of aryl methyl sites for hydroxylation is 1. The Balaban J connectivity index is 1.90. The summed E-state index contributed by atoms with van der Waals surface area (Å²) >= 11 is 1.77. The number of nitrogens with zero attached hydrogens (tertiary/aromatic N) is 4. The van der Waals surface area contributed by atoms with E-state index in [4.69, 9.17) is 9.97 Å². The van der Waals surface area contributed by atoms with Crippen molar-refractivity contribution in [1.29, 1.82) is 0 Å². The Morgan fingerprint density at radius 1 is 1.41 bits per heavy atom. The Morgan fingerprint density at radius 2 is 2.26 bits per heavy atom. The SMILES string of the molecule is CNC(=O)CN(C)c1nc(-c2cccnc2)nc2sc3c(c12)CC[C@@H](C)C3. The molecule has 1 atom stereocenters. The highest BCUT2D eigenvalue weighted by molar-refractivity contribution is 7.19. The van der Waals surface area contributed by atoms with Crippen LogP contribution in [-0.4, -0.2) is 41.5 Å². The van der Waals surface area contributed by atoms with E-state index in [0.29, 0.717) is 11.7 Å². The van der Waals surface area contributed by atoms with Crippen LogP contribution in [0.5, 0.6) is 0 Å². The van der Waals surface area contributed by atoms with Gasteiger partial charge in [0.25, 0.3) is 0 Å². The number of thiophene rings is 1. The fourth-order valence-corrected chi connectivity index (χ4v) is 4.97. The number of nitrogens with one attached hydrogen (secondary N) is 1. The van der Waals surface area contributed by atoms with Crippen molar-refractivity contribution in [2.24, 2.45) is 5.92 Å². The Kier molecular flexibility index (Phi) is 4.78. The maximum atomic E-state index is 12.0. The van der Waals surface area contributed by atoms with Gasteiger partial charge in [-0.3, -0.25) is 9.78 Å². The molecule has 1 N–H and O–H groups in total. The standard InChI is InChI=1S/C20H23N5OS/c1-12-6-7-14-15(9-12)27-20-17(14)19(25(3)11-16(26)21-2)23-18(24-20)13-5-4-8-22-10-13/h4-5,8,10,12H,6-7,9,11H2,1-3H3,(H,21,26)/t12-/m1/s1. The second-order valence-corrected chi connectivity index (χ2v) is 8.26. The first kappa shape index (κ1) is 17.9. The Bertz CT molecular complexity index is 985. The van der Waals surface area contributed by atoms with Crippen LogP contribution in [0, 0.1) is 5.92 Å². The fourth-order valence-electron chi connectivity index (χ4n) is 3.59. The van der Waals surface area contributed by atoms with Crippen molar-refractivity contribution < 1.29 is 4.79 Å². The minimum atomic E-state index is -0.0371. The summed E-state index contributed by atoms with van der Waals surface area (Å²) in [7, 11) is 3.57. The molecule has 3 aromatic heterocycles. The quantitative estimate of drug-likeness (QED) is 0.752. The summed E-state index contributed by atoms with van der Waals surface area (Å²) in [5, 5.41) is 3.80. The molecule has 0 aliphatic heterocycles. The van der Waals surface area contributed by atoms with E-state index in [9.17, 15) is 4.79 Å². The van der Waals surface area contributed by atoms with Crippen LogP contribution in [0.4, 0.5) is 5.82 Å². The van der Waals surface area contributed by atoms with Crippen molar-refractivity contribution in [1.82, 2.24) is 20.3 Å². The number of fused-ring (bicyclic) bond motifs is 3. The molecular weight excluding hydrogens is 358 g/mol. The van der Waals surface area contributed by atoms with E-state index in [1.165, 1.54) is 16.9 Å². The van der Waals surface area contributed by atoms with Crippen LogP contribution in [0.15, 0.2) is 24.5 Å². The number of anilines is 1. The molecule has 0 spiro atoms. The van der Waals surface area contributed by atoms with Crippen molar-refractivity contribution >= 4 is 33.3 Å². The van der Waals surface area contributed by atoms with Gasteiger partial charge in [-0.25, -0.2) is 9.97 Å². The third-order valence-corrected chi connectivity index (χ3v) is 6.23. The second-order valence-electron chi connectivity index (χ2n) is 7.17. The van der Waals surface area contributed by atoms with E-state index in [1.54, 1.807) is 30.8 Å². The Hall–Kier alpha value is -2.54. The highest BCUT2D eigenvalue weighted by Gasteiger charge is 2.25. The molecule has 1 aliphatic rings. The molecule has 3 aromatic rings. The van der Waals surface area contributed by atoms with Gasteiger partial charge >= 0.3 is 0 Å². The zero-order valence-electron chi connectivity index (χ0n) is 15.8. The van der Waals surface area contributed by atoms with Gasteiger partial charge in [-0.15, -0.1) is 11.3 Å². The van der Waals surface area contributed by atoms with Crippen molar-refractivity contribution in [3.05, 3.63) is 35.0 Å². The van der Waals surface area contributed by atoms with E-state index in [2.05, 4.69) is 17.2 Å². The zero-order valence-corrected chi connectivity index (χ0v) is 16.6. The lowest BCUT2D eigenvalue weighted by Crippen LogP contribution is -2.33. The number of aromatic nitrogens is 3. The molecule has 0 bridgehead atoms. The van der Waals surface area contributed by atoms with Crippen LogP contribution in [0.2, 0.25) is 0 Å². The molecule has 0 aromatic carbocycles. The average Bonchev–Trinajstić information content (AvgIpc) is 3.04. The van der Waals surface area contributed by atoms with E-state index in [-0.39, 0.29) is 12.5 Å². The molecule has 0 saturated heterocycles. The molecule has 3 heterocycles. The molecule has 0 saturated carbocycles. The monoisotopic (exact) mass is 381 g/mol. The first-order chi connectivity index (χ1) is 13.1.